The van der Waals surface area contributed by atoms with Gasteiger partial charge in [0.1, 0.15) is 11.6 Å². The average molecular weight is 435 g/mol. The Hall–Kier alpha value is -4.21. The van der Waals surface area contributed by atoms with Gasteiger partial charge in [-0.3, -0.25) is 4.79 Å². The highest BCUT2D eigenvalue weighted by Crippen LogP contribution is 2.18. The summed E-state index contributed by atoms with van der Waals surface area (Å²) in [6.45, 7) is 4.42. The van der Waals surface area contributed by atoms with E-state index in [-0.39, 0.29) is 24.9 Å². The Bertz CT molecular complexity index is 1160. The maximum absolute atomic E-state index is 13.4. The molecule has 0 bridgehead atoms. The molecule has 0 aliphatic rings. The summed E-state index contributed by atoms with van der Waals surface area (Å²) in [5, 5.41) is 0.717. The van der Waals surface area contributed by atoms with Gasteiger partial charge in [0.05, 0.1) is 25.3 Å². The van der Waals surface area contributed by atoms with Crippen LogP contribution in [0, 0.1) is 6.92 Å². The van der Waals surface area contributed by atoms with Crippen molar-refractivity contribution in [3.63, 3.8) is 0 Å². The Morgan fingerprint density at radius 3 is 2.62 bits per heavy atom. The largest absolute Gasteiger partial charge is 0.480 e. The van der Waals surface area contributed by atoms with Gasteiger partial charge in [0.15, 0.2) is 11.5 Å². The van der Waals surface area contributed by atoms with E-state index in [1.165, 1.54) is 11.1 Å². The summed E-state index contributed by atoms with van der Waals surface area (Å²) in [4.78, 5) is 31.9. The first kappa shape index (κ1) is 22.5. The van der Waals surface area contributed by atoms with Crippen LogP contribution >= 0.6 is 0 Å². The van der Waals surface area contributed by atoms with Crippen LogP contribution in [-0.4, -0.2) is 43.9 Å². The minimum absolute atomic E-state index is 0.129. The van der Waals surface area contributed by atoms with Gasteiger partial charge in [-0.05, 0) is 49.8 Å². The van der Waals surface area contributed by atoms with Gasteiger partial charge in [0.25, 0.3) is 5.91 Å². The molecule has 0 unspecified atom stereocenters. The highest BCUT2D eigenvalue weighted by atomic mass is 16.5. The second-order valence-corrected chi connectivity index (χ2v) is 7.03. The van der Waals surface area contributed by atoms with Crippen LogP contribution in [0.5, 0.6) is 0 Å². The van der Waals surface area contributed by atoms with E-state index in [0.29, 0.717) is 35.2 Å². The average Bonchev–Trinajstić information content (AvgIpc) is 2.78. The fourth-order valence-electron chi connectivity index (χ4n) is 2.94. The van der Waals surface area contributed by atoms with Crippen molar-refractivity contribution in [3.8, 4) is 0 Å². The van der Waals surface area contributed by atoms with Gasteiger partial charge in [-0.15, -0.1) is 0 Å². The second-order valence-electron chi connectivity index (χ2n) is 7.03. The fraction of sp³-hybridized carbons (Fsp3) is 0.227. The molecule has 3 aromatic heterocycles. The Morgan fingerprint density at radius 2 is 1.91 bits per heavy atom. The number of carbonyl (C=O) groups excluding carboxylic acids is 1. The molecule has 0 fully saturated rings. The smallest absolute Gasteiger partial charge is 0.256 e. The van der Waals surface area contributed by atoms with E-state index in [2.05, 4.69) is 19.9 Å². The molecule has 3 rings (SSSR count). The lowest BCUT2D eigenvalue weighted by molar-refractivity contribution is 0.0753. The van der Waals surface area contributed by atoms with Crippen molar-refractivity contribution in [2.75, 3.05) is 18.9 Å². The molecule has 0 aliphatic heterocycles. The zero-order chi connectivity index (χ0) is 23.1. The summed E-state index contributed by atoms with van der Waals surface area (Å²) in [7, 11) is 0. The first-order valence-corrected chi connectivity index (χ1v) is 10.00. The van der Waals surface area contributed by atoms with Crippen LogP contribution < -0.4 is 17.2 Å². The lowest BCUT2D eigenvalue weighted by atomic mass is 10.1. The van der Waals surface area contributed by atoms with E-state index < -0.39 is 0 Å². The van der Waals surface area contributed by atoms with Crippen LogP contribution in [0.25, 0.3) is 11.0 Å². The normalized spacial score (nSPS) is 12.1. The fourth-order valence-corrected chi connectivity index (χ4v) is 2.94. The first-order valence-electron chi connectivity index (χ1n) is 10.00. The summed E-state index contributed by atoms with van der Waals surface area (Å²) in [5.74, 6) is 0.848. The number of aromatic nitrogens is 4. The highest BCUT2D eigenvalue weighted by molar-refractivity contribution is 5.97. The summed E-state index contributed by atoms with van der Waals surface area (Å²) < 4.78 is 5.18. The molecule has 0 spiro atoms. The van der Waals surface area contributed by atoms with E-state index in [0.717, 1.165) is 10.9 Å². The van der Waals surface area contributed by atoms with Gasteiger partial charge in [-0.1, -0.05) is 0 Å². The molecule has 3 heterocycles. The molecule has 0 radical (unpaired) electrons. The second kappa shape index (κ2) is 10.2. The number of fused-ring (bicyclic) bond motifs is 1. The number of ether oxygens (including phenoxy) is 1. The molecule has 3 aromatic rings. The van der Waals surface area contributed by atoms with Crippen molar-refractivity contribution in [1.82, 2.24) is 24.8 Å². The summed E-state index contributed by atoms with van der Waals surface area (Å²) in [6, 6.07) is 5.29. The van der Waals surface area contributed by atoms with Crippen LogP contribution in [0.1, 0.15) is 28.7 Å². The molecule has 10 heteroatoms. The minimum Gasteiger partial charge on any atom is -0.480 e. The molecule has 6 N–H and O–H groups in total. The van der Waals surface area contributed by atoms with Crippen LogP contribution in [0.15, 0.2) is 60.5 Å². The number of allylic oxidation sites excluding steroid dienone is 2. The maximum atomic E-state index is 13.4. The SMILES string of the molecule is CCO/C(N)=C/C=C(\N)CN(Cc1ncccn1)C(=O)c1cnc2nc(N)c(C)cc2c1. The molecular formula is C22H26N8O2. The number of nitrogen functional groups attached to an aromatic ring is 1. The monoisotopic (exact) mass is 434 g/mol. The van der Waals surface area contributed by atoms with Crippen molar-refractivity contribution in [3.05, 3.63) is 77.5 Å². The standard InChI is InChI=1S/C22H26N8O2/c1-3-32-18(24)6-5-17(23)12-30(13-19-26-7-4-8-27-19)22(31)16-10-15-9-14(2)20(25)29-21(15)28-11-16/h4-11H,3,12-13,23-24H2,1-2H3,(H2,25,28,29)/b17-5-,18-6+. The molecule has 166 valence electrons. The zero-order valence-corrected chi connectivity index (χ0v) is 18.0. The number of pyridine rings is 2. The summed E-state index contributed by atoms with van der Waals surface area (Å²) in [6.07, 6.45) is 7.86. The van der Waals surface area contributed by atoms with Gasteiger partial charge in [-0.2, -0.15) is 0 Å². The van der Waals surface area contributed by atoms with Crippen LogP contribution in [0.2, 0.25) is 0 Å². The third-order valence-corrected chi connectivity index (χ3v) is 4.53. The number of hydrogen-bond acceptors (Lipinski definition) is 9. The topological polar surface area (TPSA) is 159 Å². The number of carbonyl (C=O) groups is 1. The molecule has 1 amide bonds. The van der Waals surface area contributed by atoms with Gasteiger partial charge in [-0.25, -0.2) is 19.9 Å². The Morgan fingerprint density at radius 1 is 1.16 bits per heavy atom. The lowest BCUT2D eigenvalue weighted by Crippen LogP contribution is -2.34. The van der Waals surface area contributed by atoms with Crippen molar-refractivity contribution in [2.45, 2.75) is 20.4 Å². The van der Waals surface area contributed by atoms with Crippen molar-refractivity contribution in [1.29, 1.82) is 0 Å². The van der Waals surface area contributed by atoms with Gasteiger partial charge < -0.3 is 26.8 Å². The zero-order valence-electron chi connectivity index (χ0n) is 18.0. The molecular weight excluding hydrogens is 408 g/mol. The van der Waals surface area contributed by atoms with Crippen molar-refractivity contribution < 1.29 is 9.53 Å². The summed E-state index contributed by atoms with van der Waals surface area (Å²) in [5.41, 5.74) is 19.8. The van der Waals surface area contributed by atoms with Crippen molar-refractivity contribution >= 4 is 22.8 Å². The number of anilines is 1. The number of aryl methyl sites for hydroxylation is 1. The molecule has 32 heavy (non-hydrogen) atoms. The first-order chi connectivity index (χ1) is 15.4. The van der Waals surface area contributed by atoms with Gasteiger partial charge >= 0.3 is 0 Å². The lowest BCUT2D eigenvalue weighted by Gasteiger charge is -2.22. The Kier molecular flexibility index (Phi) is 7.17. The van der Waals surface area contributed by atoms with E-state index in [4.69, 9.17) is 21.9 Å². The van der Waals surface area contributed by atoms with E-state index in [1.807, 2.05) is 19.9 Å². The van der Waals surface area contributed by atoms with Crippen LogP contribution in [0.3, 0.4) is 0 Å². The number of amides is 1. The third-order valence-electron chi connectivity index (χ3n) is 4.53. The van der Waals surface area contributed by atoms with Crippen LogP contribution in [0.4, 0.5) is 5.82 Å². The number of nitrogens with zero attached hydrogens (tertiary/aromatic N) is 5. The van der Waals surface area contributed by atoms with E-state index in [1.54, 1.807) is 36.7 Å². The minimum atomic E-state index is -0.278. The number of hydrogen-bond donors (Lipinski definition) is 3. The molecule has 0 aliphatic carbocycles. The third kappa shape index (κ3) is 5.69. The highest BCUT2D eigenvalue weighted by Gasteiger charge is 2.19. The molecule has 0 aromatic carbocycles. The molecule has 0 atom stereocenters. The van der Waals surface area contributed by atoms with Crippen molar-refractivity contribution in [2.24, 2.45) is 11.5 Å². The Balaban J connectivity index is 1.90. The molecule has 0 saturated heterocycles. The molecule has 0 saturated carbocycles. The predicted octanol–water partition coefficient (Wildman–Crippen LogP) is 1.63. The number of rotatable bonds is 8. The Labute approximate surface area is 185 Å². The van der Waals surface area contributed by atoms with E-state index >= 15 is 0 Å². The van der Waals surface area contributed by atoms with E-state index in [9.17, 15) is 4.79 Å². The molecule has 10 nitrogen and oxygen atoms in total. The van der Waals surface area contributed by atoms with Gasteiger partial charge in [0.2, 0.25) is 0 Å². The van der Waals surface area contributed by atoms with Crippen LogP contribution in [-0.2, 0) is 11.3 Å². The maximum Gasteiger partial charge on any atom is 0.256 e. The predicted molar refractivity (Wildman–Crippen MR) is 122 cm³/mol. The number of nitrogens with two attached hydrogens (primary N) is 3. The van der Waals surface area contributed by atoms with Gasteiger partial charge in [0, 0.05) is 29.7 Å². The quantitative estimate of drug-likeness (QED) is 0.354. The summed E-state index contributed by atoms with van der Waals surface area (Å²) >= 11 is 0.